The van der Waals surface area contributed by atoms with E-state index in [-0.39, 0.29) is 121 Å². The van der Waals surface area contributed by atoms with Gasteiger partial charge in [-0.25, -0.2) is 39.6 Å². The number of nitrogens with zero attached hydrogens (tertiary/aromatic N) is 2. The van der Waals surface area contributed by atoms with Crippen molar-refractivity contribution < 1.29 is 112 Å². The number of ether oxygens (including phenoxy) is 8. The van der Waals surface area contributed by atoms with E-state index in [2.05, 4.69) is 219 Å². The molecule has 46 heteroatoms. The summed E-state index contributed by atoms with van der Waals surface area (Å²) in [6, 6.07) is 45.7. The molecular weight excluding hydrogens is 2430 g/mol. The number of nitrogens with one attached hydrogen (secondary N) is 7. The molecule has 0 amide bonds. The third-order valence-electron chi connectivity index (χ3n) is 19.0. The van der Waals surface area contributed by atoms with Gasteiger partial charge in [0.1, 0.15) is 55.2 Å². The largest absolute Gasteiger partial charge is 0.481 e. The predicted octanol–water partition coefficient (Wildman–Crippen LogP) is 19.0. The fraction of sp³-hybridized carbons (Fsp3) is 0.255. The lowest BCUT2D eigenvalue weighted by Crippen LogP contribution is -2.43. The zero-order valence-corrected chi connectivity index (χ0v) is 93.4. The van der Waals surface area contributed by atoms with Gasteiger partial charge in [0.25, 0.3) is 9.05 Å². The van der Waals surface area contributed by atoms with Gasteiger partial charge in [-0.1, -0.05) is 140 Å². The number of H-pyrrole nitrogens is 5. The molecule has 12 N–H and O–H groups in total. The van der Waals surface area contributed by atoms with Crippen LogP contribution >= 0.6 is 135 Å². The van der Waals surface area contributed by atoms with Gasteiger partial charge >= 0.3 is 35.8 Å². The first-order valence-electron chi connectivity index (χ1n) is 42.8. The van der Waals surface area contributed by atoms with E-state index in [1.54, 1.807) is 86.1 Å². The molecule has 13 rings (SSSR count). The van der Waals surface area contributed by atoms with Crippen LogP contribution in [0.25, 0.3) is 54.5 Å². The number of carboxylic acid groups (broad SMARTS) is 1. The predicted molar refractivity (Wildman–Crippen MR) is 579 cm³/mol. The van der Waals surface area contributed by atoms with Crippen molar-refractivity contribution in [2.45, 2.75) is 114 Å². The number of sulfonamides is 2. The molecule has 0 aliphatic rings. The van der Waals surface area contributed by atoms with Crippen LogP contribution in [-0.2, 0) is 112 Å². The Morgan fingerprint density at radius 2 is 0.750 bits per heavy atom. The van der Waals surface area contributed by atoms with Gasteiger partial charge in [-0.15, -0.1) is 30.2 Å². The summed E-state index contributed by atoms with van der Waals surface area (Å²) in [4.78, 5) is 94.5. The molecule has 0 aliphatic heterocycles. The van der Waals surface area contributed by atoms with Gasteiger partial charge < -0.3 is 84.1 Å². The molecule has 8 aromatic carbocycles. The van der Waals surface area contributed by atoms with Crippen LogP contribution in [0, 0.1) is 35.5 Å². The molecule has 5 heterocycles. The number of benzene rings is 8. The summed E-state index contributed by atoms with van der Waals surface area (Å²) in [5, 5.41) is 37.7. The van der Waals surface area contributed by atoms with E-state index in [9.17, 15) is 63.9 Å². The lowest BCUT2D eigenvalue weighted by Gasteiger charge is -2.17. The summed E-state index contributed by atoms with van der Waals surface area (Å²) in [6.45, 7) is 15.6. The average molecular weight is 2530 g/mol. The number of aromatic nitrogens is 5. The quantitative estimate of drug-likeness (QED) is 0.00205. The molecule has 0 saturated heterocycles. The Labute approximate surface area is 901 Å². The number of alkyl halides is 2. The van der Waals surface area contributed by atoms with Gasteiger partial charge in [0.15, 0.2) is 11.4 Å². The standard InChI is InChI=1S/C23H23BrN2O5S.C21H19BrN2O5S.C13H13BrN2O3.C13H15BrN2O2.C10H9ClO3S.C8H6BrN.C5H8BrNO3.C5H7BrO3.ClH/c1-3-5-12-31-18-7-9-19(10-8-18)32(28,29)26-22(23(27)30-4-2)13-16-15-25-21-11-6-17(24)14-20(16)21;1-2-3-10-29-16-5-7-17(8-6-16)30(27,28)24-20(21(25)26)11-14-13-23-19-9-4-15(22)12-18(14)19;1-2-19-13(17)12(16-18)5-8-7-15-11-4-3-9(14)6-10(8)11;1-2-18-13(17)11(15)5-8-7-16-12-4-3-9(14)6-10(8)12;1-2-3-8-14-9-4-6-10(7-5-9)15(11,12)13;9-7-1-2-8-6(5-7)3-4-10-8;1-2-10-5(8)4(3-6)7-9;1-2-9-5(8)4(7)3-6;/h6-11,14-15,22,25-26H,4,12-13H2,1-2H3;4-9,12-13,20,23-24H,10-11H2,1H3,(H,25,26);3-4,6-7,15,18H,2,5H2,1H3;3-4,6-7,11,16H,2,5,15H2,1H3;4-7H,8H2,1H3;1-5,10H;9H,2-3H2,1H3;2-3H2,1H3;1H/b;;;;;;7-4+;;. The zero-order valence-electron chi connectivity index (χ0n) is 78.2. The van der Waals surface area contributed by atoms with Crippen LogP contribution in [0.3, 0.4) is 0 Å². The molecule has 0 bridgehead atoms. The highest BCUT2D eigenvalue weighted by Gasteiger charge is 2.31. The molecular formula is C98H101Br7Cl2N10O24S3. The first-order valence-corrected chi connectivity index (χ1v) is 54.3. The number of hydrogen-bond donors (Lipinski definition) is 11. The van der Waals surface area contributed by atoms with Gasteiger partial charge in [-0.05, 0) is 248 Å². The maximum atomic E-state index is 13.0. The fourth-order valence-corrected chi connectivity index (χ4v) is 17.8. The summed E-state index contributed by atoms with van der Waals surface area (Å²) in [5.41, 5.74) is 14.1. The number of oxime groups is 2. The molecule has 0 fully saturated rings. The molecule has 5 aromatic heterocycles. The van der Waals surface area contributed by atoms with E-state index >= 15 is 0 Å². The number of carbonyl (C=O) groups excluding carboxylic acids is 6. The summed E-state index contributed by atoms with van der Waals surface area (Å²) in [7, 11) is -6.54. The summed E-state index contributed by atoms with van der Waals surface area (Å²) < 4.78 is 122. The number of carbonyl (C=O) groups is 7. The Hall–Kier alpha value is -11.4. The first-order chi connectivity index (χ1) is 68.3. The normalized spacial score (nSPS) is 11.5. The number of nitrogens with two attached hydrogens (primary N) is 1. The minimum absolute atomic E-state index is 0. The minimum atomic E-state index is -4.04. The molecule has 0 spiro atoms. The molecule has 144 heavy (non-hydrogen) atoms. The Balaban J connectivity index is 0.000000301. The molecule has 0 saturated carbocycles. The number of aromatic amines is 5. The second kappa shape index (κ2) is 63.8. The molecule has 34 nitrogen and oxygen atoms in total. The number of Topliss-reactive ketones (excluding diaryl/α,β-unsaturated/α-hetero) is 1. The number of hydrogen-bond acceptors (Lipinski definition) is 26. The van der Waals surface area contributed by atoms with Crippen molar-refractivity contribution in [2.75, 3.05) is 63.5 Å². The van der Waals surface area contributed by atoms with Crippen LogP contribution in [0.4, 0.5) is 0 Å². The Morgan fingerprint density at radius 1 is 0.417 bits per heavy atom. The Kier molecular flexibility index (Phi) is 54.6. The molecule has 768 valence electrons. The number of esters is 5. The van der Waals surface area contributed by atoms with Gasteiger partial charge in [0.2, 0.25) is 25.8 Å². The van der Waals surface area contributed by atoms with E-state index in [4.69, 9.17) is 55.3 Å². The van der Waals surface area contributed by atoms with Crippen molar-refractivity contribution in [1.29, 1.82) is 0 Å². The SMILES string of the molecule is Brc1ccc2[nH]ccc2c1.CC#CCOc1ccc(S(=O)(=O)Cl)cc1.CC#CCOc1ccc(S(=O)(=O)NC(Cc2c[nH]c3ccc(Br)cc23)C(=O)O)cc1.CC#CCOc1ccc(S(=O)(=O)NC(Cc2c[nH]c3ccc(Br)cc23)C(=O)OCC)cc1.CCOC(=O)/C(CBr)=N/O.CCOC(=O)C(=O)CBr.CCOC(=O)C(Cc1c[nH]c2ccc(Br)cc12)=NO.CCOC(=O)C(N)Cc1c[nH]c2ccc(Br)cc12.Cl. The second-order valence-electron chi connectivity index (χ2n) is 28.8. The van der Waals surface area contributed by atoms with Gasteiger partial charge in [-0.3, -0.25) is 19.2 Å². The maximum Gasteiger partial charge on any atom is 0.375 e. The van der Waals surface area contributed by atoms with Crippen molar-refractivity contribution in [3.63, 3.8) is 0 Å². The number of aliphatic carboxylic acids is 1. The summed E-state index contributed by atoms with van der Waals surface area (Å²) in [6.07, 6.45) is 9.87. The van der Waals surface area contributed by atoms with E-state index < -0.39 is 82.9 Å². The highest BCUT2D eigenvalue weighted by molar-refractivity contribution is 9.11. The van der Waals surface area contributed by atoms with Crippen LogP contribution in [-0.4, -0.2) is 200 Å². The van der Waals surface area contributed by atoms with E-state index in [0.717, 1.165) is 82.7 Å². The smallest absolute Gasteiger partial charge is 0.375 e. The zero-order chi connectivity index (χ0) is 105. The lowest BCUT2D eigenvalue weighted by atomic mass is 10.1. The van der Waals surface area contributed by atoms with Crippen molar-refractivity contribution in [2.24, 2.45) is 16.0 Å². The minimum Gasteiger partial charge on any atom is -0.481 e. The van der Waals surface area contributed by atoms with E-state index in [0.29, 0.717) is 35.8 Å². The summed E-state index contributed by atoms with van der Waals surface area (Å²) >= 11 is 22.9. The van der Waals surface area contributed by atoms with Crippen LogP contribution in [0.5, 0.6) is 17.2 Å². The van der Waals surface area contributed by atoms with Gasteiger partial charge in [0.05, 0.1) is 58.4 Å². The molecule has 3 atom stereocenters. The first kappa shape index (κ1) is 123. The third-order valence-corrected chi connectivity index (χ3v) is 26.8. The number of rotatable bonds is 34. The van der Waals surface area contributed by atoms with Crippen molar-refractivity contribution in [1.82, 2.24) is 34.4 Å². The van der Waals surface area contributed by atoms with Crippen LogP contribution in [0.15, 0.2) is 248 Å². The van der Waals surface area contributed by atoms with Crippen molar-refractivity contribution in [3.05, 3.63) is 245 Å². The van der Waals surface area contributed by atoms with Gasteiger partial charge in [0, 0.05) is 144 Å². The Bertz CT molecular complexity index is 7120. The van der Waals surface area contributed by atoms with Crippen LogP contribution in [0.2, 0.25) is 0 Å². The highest BCUT2D eigenvalue weighted by Crippen LogP contribution is 2.31. The van der Waals surface area contributed by atoms with Crippen LogP contribution < -0.4 is 29.4 Å². The fourth-order valence-electron chi connectivity index (χ4n) is 12.2. The van der Waals surface area contributed by atoms with Crippen molar-refractivity contribution >= 4 is 271 Å². The second-order valence-corrected chi connectivity index (χ2v) is 40.4. The number of halogens is 9. The van der Waals surface area contributed by atoms with Crippen LogP contribution in [0.1, 0.15) is 77.6 Å². The number of fused-ring (bicyclic) bond motifs is 5. The summed E-state index contributed by atoms with van der Waals surface area (Å²) in [5.74, 6) is 13.1. The third kappa shape index (κ3) is 40.9. The molecule has 0 radical (unpaired) electrons. The highest BCUT2D eigenvalue weighted by atomic mass is 79.9. The average Bonchev–Trinajstić information content (AvgIpc) is 1.61. The lowest BCUT2D eigenvalue weighted by molar-refractivity contribution is -0.152. The van der Waals surface area contributed by atoms with E-state index in [1.807, 2.05) is 91.3 Å². The molecule has 0 aliphatic carbocycles. The maximum absolute atomic E-state index is 13.0. The number of ketones is 1. The molecule has 3 unspecified atom stereocenters. The van der Waals surface area contributed by atoms with Crippen molar-refractivity contribution in [3.8, 4) is 52.8 Å². The topological polar surface area (TPSA) is 510 Å². The monoisotopic (exact) mass is 2520 g/mol. The Morgan fingerprint density at radius 3 is 1.11 bits per heavy atom. The molecule has 13 aromatic rings. The van der Waals surface area contributed by atoms with E-state index in [1.165, 1.54) is 71.6 Å². The van der Waals surface area contributed by atoms with Gasteiger partial charge in [-0.2, -0.15) is 9.44 Å². The number of carboxylic acids is 1.